The average molecular weight is 141 g/mol. The van der Waals surface area contributed by atoms with Gasteiger partial charge in [0, 0.05) is 19.5 Å². The van der Waals surface area contributed by atoms with Crippen molar-refractivity contribution in [1.82, 2.24) is 10.3 Å². The molecule has 2 heterocycles. The van der Waals surface area contributed by atoms with E-state index < -0.39 is 0 Å². The molecule has 1 amide bonds. The van der Waals surface area contributed by atoms with Crippen LogP contribution in [0, 0.1) is 0 Å². The molecule has 2 rings (SSSR count). The highest BCUT2D eigenvalue weighted by atomic mass is 16.2. The standard InChI is InChI=1S/C6H11N3O/c7-9-3-6(4-9)2-1-5(10)8-6/h1-4,7H2,(H,8,10). The Labute approximate surface area is 59.3 Å². The van der Waals surface area contributed by atoms with Gasteiger partial charge in [0.2, 0.25) is 5.91 Å². The number of amides is 1. The van der Waals surface area contributed by atoms with E-state index in [0.717, 1.165) is 19.5 Å². The van der Waals surface area contributed by atoms with Crippen LogP contribution in [-0.4, -0.2) is 29.5 Å². The van der Waals surface area contributed by atoms with Gasteiger partial charge in [0.1, 0.15) is 0 Å². The SMILES string of the molecule is NN1CC2(CCC(=O)N2)C1. The fourth-order valence-electron chi connectivity index (χ4n) is 1.74. The number of carbonyl (C=O) groups is 1. The van der Waals surface area contributed by atoms with Crippen molar-refractivity contribution in [3.05, 3.63) is 0 Å². The van der Waals surface area contributed by atoms with Crippen molar-refractivity contribution in [2.24, 2.45) is 5.84 Å². The molecule has 0 atom stereocenters. The largest absolute Gasteiger partial charge is 0.348 e. The van der Waals surface area contributed by atoms with E-state index in [1.54, 1.807) is 5.01 Å². The Morgan fingerprint density at radius 1 is 1.60 bits per heavy atom. The quantitative estimate of drug-likeness (QED) is 0.418. The van der Waals surface area contributed by atoms with Crippen LogP contribution in [0.4, 0.5) is 0 Å². The van der Waals surface area contributed by atoms with E-state index in [2.05, 4.69) is 5.32 Å². The van der Waals surface area contributed by atoms with Crippen LogP contribution in [-0.2, 0) is 4.79 Å². The zero-order valence-electron chi connectivity index (χ0n) is 5.76. The Morgan fingerprint density at radius 2 is 2.30 bits per heavy atom. The molecule has 3 N–H and O–H groups in total. The molecule has 2 fully saturated rings. The van der Waals surface area contributed by atoms with Crippen LogP contribution in [0.15, 0.2) is 0 Å². The summed E-state index contributed by atoms with van der Waals surface area (Å²) in [5, 5.41) is 4.66. The molecule has 0 saturated carbocycles. The maximum absolute atomic E-state index is 10.8. The van der Waals surface area contributed by atoms with Gasteiger partial charge in [-0.2, -0.15) is 0 Å². The molecule has 4 heteroatoms. The first-order valence-electron chi connectivity index (χ1n) is 3.51. The number of hydrogen-bond donors (Lipinski definition) is 2. The number of hydrogen-bond acceptors (Lipinski definition) is 3. The maximum atomic E-state index is 10.8. The third kappa shape index (κ3) is 0.726. The lowest BCUT2D eigenvalue weighted by atomic mass is 9.90. The Hall–Kier alpha value is -0.610. The van der Waals surface area contributed by atoms with Gasteiger partial charge in [-0.25, -0.2) is 5.01 Å². The predicted molar refractivity (Wildman–Crippen MR) is 35.9 cm³/mol. The van der Waals surface area contributed by atoms with Crippen molar-refractivity contribution in [2.75, 3.05) is 13.1 Å². The van der Waals surface area contributed by atoms with E-state index in [1.165, 1.54) is 0 Å². The molecule has 1 spiro atoms. The highest BCUT2D eigenvalue weighted by Crippen LogP contribution is 2.27. The Balaban J connectivity index is 2.01. The molecule has 0 bridgehead atoms. The zero-order valence-corrected chi connectivity index (χ0v) is 5.76. The van der Waals surface area contributed by atoms with Gasteiger partial charge in [0.15, 0.2) is 0 Å². The lowest BCUT2D eigenvalue weighted by Crippen LogP contribution is -2.69. The number of hydrazine groups is 1. The van der Waals surface area contributed by atoms with Crippen LogP contribution in [0.1, 0.15) is 12.8 Å². The van der Waals surface area contributed by atoms with Crippen molar-refractivity contribution in [2.45, 2.75) is 18.4 Å². The summed E-state index contributed by atoms with van der Waals surface area (Å²) in [5.74, 6) is 5.63. The van der Waals surface area contributed by atoms with E-state index >= 15 is 0 Å². The molecule has 0 aromatic carbocycles. The molecular formula is C6H11N3O. The van der Waals surface area contributed by atoms with Crippen molar-refractivity contribution in [3.63, 3.8) is 0 Å². The zero-order chi connectivity index (χ0) is 7.19. The predicted octanol–water partition coefficient (Wildman–Crippen LogP) is -1.18. The third-order valence-electron chi connectivity index (χ3n) is 2.25. The molecule has 0 radical (unpaired) electrons. The van der Waals surface area contributed by atoms with Crippen LogP contribution in [0.25, 0.3) is 0 Å². The van der Waals surface area contributed by atoms with Gasteiger partial charge in [-0.3, -0.25) is 10.6 Å². The molecule has 4 nitrogen and oxygen atoms in total. The Kier molecular flexibility index (Phi) is 1.04. The average Bonchev–Trinajstić information content (AvgIpc) is 2.10. The van der Waals surface area contributed by atoms with Gasteiger partial charge in [0.25, 0.3) is 0 Å². The second kappa shape index (κ2) is 1.71. The summed E-state index contributed by atoms with van der Waals surface area (Å²) in [5.41, 5.74) is 0.0613. The Morgan fingerprint density at radius 3 is 2.70 bits per heavy atom. The van der Waals surface area contributed by atoms with E-state index in [4.69, 9.17) is 5.84 Å². The molecule has 0 aromatic rings. The summed E-state index contributed by atoms with van der Waals surface area (Å²) in [7, 11) is 0. The second-order valence-electron chi connectivity index (χ2n) is 3.23. The monoisotopic (exact) mass is 141 g/mol. The van der Waals surface area contributed by atoms with E-state index in [0.29, 0.717) is 6.42 Å². The summed E-state index contributed by atoms with van der Waals surface area (Å²) in [6.45, 7) is 1.64. The minimum Gasteiger partial charge on any atom is -0.348 e. The highest BCUT2D eigenvalue weighted by Gasteiger charge is 2.46. The van der Waals surface area contributed by atoms with E-state index in [1.807, 2.05) is 0 Å². The van der Waals surface area contributed by atoms with Gasteiger partial charge in [-0.05, 0) is 6.42 Å². The summed E-state index contributed by atoms with van der Waals surface area (Å²) >= 11 is 0. The van der Waals surface area contributed by atoms with Gasteiger partial charge in [0.05, 0.1) is 5.54 Å². The molecule has 2 aliphatic rings. The molecule has 2 aliphatic heterocycles. The first-order chi connectivity index (χ1) is 4.70. The van der Waals surface area contributed by atoms with E-state index in [9.17, 15) is 4.79 Å². The number of nitrogens with zero attached hydrogens (tertiary/aromatic N) is 1. The smallest absolute Gasteiger partial charge is 0.220 e. The Bertz CT molecular complexity index is 174. The van der Waals surface area contributed by atoms with E-state index in [-0.39, 0.29) is 11.4 Å². The molecule has 10 heavy (non-hydrogen) atoms. The first kappa shape index (κ1) is 6.12. The molecule has 0 aromatic heterocycles. The van der Waals surface area contributed by atoms with Crippen LogP contribution in [0.2, 0.25) is 0 Å². The molecule has 56 valence electrons. The summed E-state index contributed by atoms with van der Waals surface area (Å²) in [6, 6.07) is 0. The lowest BCUT2D eigenvalue weighted by Gasteiger charge is -2.45. The first-order valence-corrected chi connectivity index (χ1v) is 3.51. The lowest BCUT2D eigenvalue weighted by molar-refractivity contribution is -0.120. The number of nitrogens with one attached hydrogen (secondary N) is 1. The van der Waals surface area contributed by atoms with Crippen molar-refractivity contribution in [1.29, 1.82) is 0 Å². The normalized spacial score (nSPS) is 30.3. The van der Waals surface area contributed by atoms with Crippen molar-refractivity contribution >= 4 is 5.91 Å². The highest BCUT2D eigenvalue weighted by molar-refractivity contribution is 5.79. The van der Waals surface area contributed by atoms with Gasteiger partial charge >= 0.3 is 0 Å². The van der Waals surface area contributed by atoms with Crippen molar-refractivity contribution in [3.8, 4) is 0 Å². The topological polar surface area (TPSA) is 58.4 Å². The second-order valence-corrected chi connectivity index (χ2v) is 3.23. The molecule has 0 aliphatic carbocycles. The fraction of sp³-hybridized carbons (Fsp3) is 0.833. The van der Waals surface area contributed by atoms with Gasteiger partial charge in [-0.15, -0.1) is 0 Å². The fourth-order valence-corrected chi connectivity index (χ4v) is 1.74. The summed E-state index contributed by atoms with van der Waals surface area (Å²) in [4.78, 5) is 10.8. The van der Waals surface area contributed by atoms with Crippen LogP contribution in [0.3, 0.4) is 0 Å². The van der Waals surface area contributed by atoms with Gasteiger partial charge in [-0.1, -0.05) is 0 Å². The minimum atomic E-state index is 0.0613. The minimum absolute atomic E-state index is 0.0613. The number of rotatable bonds is 0. The number of carbonyl (C=O) groups excluding carboxylic acids is 1. The van der Waals surface area contributed by atoms with Gasteiger partial charge < -0.3 is 5.32 Å². The molecule has 0 unspecified atom stereocenters. The maximum Gasteiger partial charge on any atom is 0.220 e. The number of nitrogens with two attached hydrogens (primary N) is 1. The third-order valence-corrected chi connectivity index (χ3v) is 2.25. The van der Waals surface area contributed by atoms with Crippen molar-refractivity contribution < 1.29 is 4.79 Å². The molecule has 2 saturated heterocycles. The van der Waals surface area contributed by atoms with Crippen LogP contribution in [0.5, 0.6) is 0 Å². The van der Waals surface area contributed by atoms with Crippen LogP contribution >= 0.6 is 0 Å². The molecular weight excluding hydrogens is 130 g/mol. The summed E-state index contributed by atoms with van der Waals surface area (Å²) in [6.07, 6.45) is 1.63. The van der Waals surface area contributed by atoms with Crippen LogP contribution < -0.4 is 11.2 Å². The summed E-state index contributed by atoms with van der Waals surface area (Å²) < 4.78 is 0.